The van der Waals surface area contributed by atoms with Gasteiger partial charge >= 0.3 is 0 Å². The highest BCUT2D eigenvalue weighted by atomic mass is 14.4. The van der Waals surface area contributed by atoms with Crippen LogP contribution in [-0.2, 0) is 5.41 Å². The van der Waals surface area contributed by atoms with Gasteiger partial charge in [-0.1, -0.05) is 111 Å². The molecule has 0 atom stereocenters. The van der Waals surface area contributed by atoms with E-state index in [1.807, 2.05) is 0 Å². The lowest BCUT2D eigenvalue weighted by atomic mass is 9.81. The molecule has 3 aliphatic carbocycles. The van der Waals surface area contributed by atoms with Crippen LogP contribution in [0.15, 0.2) is 121 Å². The van der Waals surface area contributed by atoms with Crippen molar-refractivity contribution >= 4 is 37.9 Å². The van der Waals surface area contributed by atoms with E-state index in [1.54, 1.807) is 0 Å². The highest BCUT2D eigenvalue weighted by Gasteiger charge is 2.38. The van der Waals surface area contributed by atoms with Crippen molar-refractivity contribution in [1.82, 2.24) is 0 Å². The van der Waals surface area contributed by atoms with Gasteiger partial charge in [0.1, 0.15) is 0 Å². The van der Waals surface area contributed by atoms with Crippen LogP contribution in [0.2, 0.25) is 0 Å². The largest absolute Gasteiger partial charge is 0.0842 e. The molecule has 0 saturated heterocycles. The monoisotopic (exact) mass is 546 g/mol. The number of allylic oxidation sites excluding steroid dienone is 4. The third-order valence-corrected chi connectivity index (χ3v) is 10.6. The third-order valence-electron chi connectivity index (χ3n) is 10.6. The van der Waals surface area contributed by atoms with Crippen LogP contribution >= 0.6 is 0 Å². The van der Waals surface area contributed by atoms with E-state index in [-0.39, 0.29) is 5.41 Å². The summed E-state index contributed by atoms with van der Waals surface area (Å²) in [6, 6.07) is 39.5. The predicted octanol–water partition coefficient (Wildman–Crippen LogP) is 11.9. The number of rotatable bonds is 2. The Morgan fingerprint density at radius 3 is 2.16 bits per heavy atom. The minimum Gasteiger partial charge on any atom is -0.0842 e. The van der Waals surface area contributed by atoms with E-state index in [1.165, 1.54) is 99.1 Å². The normalized spacial score (nSPS) is 15.7. The molecule has 0 saturated carbocycles. The molecular formula is C43H30. The van der Waals surface area contributed by atoms with Gasteiger partial charge in [0, 0.05) is 5.41 Å². The van der Waals surface area contributed by atoms with Gasteiger partial charge in [0.25, 0.3) is 0 Å². The topological polar surface area (TPSA) is 0 Å². The molecule has 10 rings (SSSR count). The van der Waals surface area contributed by atoms with Crippen LogP contribution in [0.5, 0.6) is 0 Å². The smallest absolute Gasteiger partial charge is 0.0159 e. The zero-order chi connectivity index (χ0) is 28.4. The van der Waals surface area contributed by atoms with Gasteiger partial charge in [0.2, 0.25) is 0 Å². The lowest BCUT2D eigenvalue weighted by Gasteiger charge is -2.22. The Labute approximate surface area is 252 Å². The van der Waals surface area contributed by atoms with Crippen molar-refractivity contribution in [1.29, 1.82) is 0 Å². The predicted molar refractivity (Wildman–Crippen MR) is 184 cm³/mol. The molecule has 0 fully saturated rings. The Morgan fingerprint density at radius 1 is 0.512 bits per heavy atom. The van der Waals surface area contributed by atoms with Gasteiger partial charge < -0.3 is 0 Å². The highest BCUT2D eigenvalue weighted by molar-refractivity contribution is 6.34. The molecule has 7 aromatic carbocycles. The maximum atomic E-state index is 2.54. The second kappa shape index (κ2) is 8.12. The van der Waals surface area contributed by atoms with Crippen LogP contribution in [0, 0.1) is 0 Å². The van der Waals surface area contributed by atoms with Crippen LogP contribution in [0.25, 0.3) is 82.4 Å². The van der Waals surface area contributed by atoms with Crippen molar-refractivity contribution in [3.8, 4) is 44.5 Å². The van der Waals surface area contributed by atoms with Crippen molar-refractivity contribution < 1.29 is 0 Å². The van der Waals surface area contributed by atoms with Crippen LogP contribution < -0.4 is 0 Å². The number of benzene rings is 7. The molecule has 43 heavy (non-hydrogen) atoms. The number of hydrogen-bond acceptors (Lipinski definition) is 0. The molecule has 0 aromatic heterocycles. The first-order chi connectivity index (χ1) is 21.1. The van der Waals surface area contributed by atoms with Crippen LogP contribution in [0.1, 0.15) is 43.4 Å². The second-order valence-electron chi connectivity index (χ2n) is 13.2. The van der Waals surface area contributed by atoms with E-state index in [0.29, 0.717) is 0 Å². The van der Waals surface area contributed by atoms with Gasteiger partial charge in [0.05, 0.1) is 0 Å². The molecule has 202 valence electrons. The lowest BCUT2D eigenvalue weighted by molar-refractivity contribution is 0.660. The molecule has 0 radical (unpaired) electrons. The molecule has 0 aliphatic heterocycles. The fourth-order valence-corrected chi connectivity index (χ4v) is 8.58. The second-order valence-corrected chi connectivity index (χ2v) is 13.2. The third kappa shape index (κ3) is 2.96. The molecular weight excluding hydrogens is 516 g/mol. The molecule has 3 aliphatic rings. The standard InChI is InChI=1S/C43H30/c1-43(2)38-16-10-9-15-28(38)35-22-33-34(24-39(35)43)30-20-18-27-17-19-29-31(25-11-5-3-6-12-25)21-32(26-13-7-4-8-14-26)36-23-37(33)42(30)40(27)41(29)36/h3-7,9-13,15-24H,8,14H2,1-2H3. The summed E-state index contributed by atoms with van der Waals surface area (Å²) in [4.78, 5) is 0. The minimum atomic E-state index is -0.0143. The first-order valence-corrected chi connectivity index (χ1v) is 15.6. The number of fused-ring (bicyclic) bond motifs is 6. The fourth-order valence-electron chi connectivity index (χ4n) is 8.58. The molecule has 0 heterocycles. The highest BCUT2D eigenvalue weighted by Crippen LogP contribution is 2.58. The van der Waals surface area contributed by atoms with E-state index >= 15 is 0 Å². The zero-order valence-corrected chi connectivity index (χ0v) is 24.5. The summed E-state index contributed by atoms with van der Waals surface area (Å²) in [6.45, 7) is 4.77. The summed E-state index contributed by atoms with van der Waals surface area (Å²) in [5.41, 5.74) is 16.6. The molecule has 0 unspecified atom stereocenters. The Hall–Kier alpha value is -4.94. The average molecular weight is 547 g/mol. The van der Waals surface area contributed by atoms with Crippen LogP contribution in [-0.4, -0.2) is 0 Å². The van der Waals surface area contributed by atoms with Crippen LogP contribution in [0.4, 0.5) is 0 Å². The van der Waals surface area contributed by atoms with Gasteiger partial charge in [-0.05, 0) is 136 Å². The summed E-state index contributed by atoms with van der Waals surface area (Å²) >= 11 is 0. The van der Waals surface area contributed by atoms with Crippen molar-refractivity contribution in [2.75, 3.05) is 0 Å². The Morgan fingerprint density at radius 2 is 1.30 bits per heavy atom. The van der Waals surface area contributed by atoms with E-state index in [0.717, 1.165) is 12.8 Å². The maximum Gasteiger partial charge on any atom is 0.0159 e. The SMILES string of the molecule is CC1(C)c2ccccc2-c2cc3c(cc21)-c1ccc2ccc4c(-c5ccccc5)cc(C5=CC=CCC5)c5cc-3c1c2c54. The maximum absolute atomic E-state index is 2.54. The van der Waals surface area contributed by atoms with Gasteiger partial charge in [0.15, 0.2) is 0 Å². The lowest BCUT2D eigenvalue weighted by Crippen LogP contribution is -2.14. The Bertz CT molecular complexity index is 2390. The van der Waals surface area contributed by atoms with E-state index < -0.39 is 0 Å². The van der Waals surface area contributed by atoms with Crippen molar-refractivity contribution in [2.45, 2.75) is 32.1 Å². The van der Waals surface area contributed by atoms with Gasteiger partial charge in [-0.2, -0.15) is 0 Å². The Kier molecular flexibility index (Phi) is 4.45. The van der Waals surface area contributed by atoms with E-state index in [2.05, 4.69) is 135 Å². The van der Waals surface area contributed by atoms with Gasteiger partial charge in [-0.25, -0.2) is 0 Å². The Balaban J connectivity index is 1.36. The van der Waals surface area contributed by atoms with Crippen molar-refractivity contribution in [2.24, 2.45) is 0 Å². The summed E-state index contributed by atoms with van der Waals surface area (Å²) in [6.07, 6.45) is 9.05. The van der Waals surface area contributed by atoms with E-state index in [4.69, 9.17) is 0 Å². The first kappa shape index (κ1) is 23.6. The molecule has 0 nitrogen and oxygen atoms in total. The average Bonchev–Trinajstić information content (AvgIpc) is 3.49. The minimum absolute atomic E-state index is 0.0143. The van der Waals surface area contributed by atoms with Crippen molar-refractivity contribution in [3.63, 3.8) is 0 Å². The summed E-state index contributed by atoms with van der Waals surface area (Å²) in [7, 11) is 0. The molecule has 0 amide bonds. The summed E-state index contributed by atoms with van der Waals surface area (Å²) in [5.74, 6) is 0. The van der Waals surface area contributed by atoms with Gasteiger partial charge in [-0.3, -0.25) is 0 Å². The molecule has 0 spiro atoms. The molecule has 0 N–H and O–H groups in total. The summed E-state index contributed by atoms with van der Waals surface area (Å²) < 4.78 is 0. The van der Waals surface area contributed by atoms with Crippen LogP contribution in [0.3, 0.4) is 0 Å². The first-order valence-electron chi connectivity index (χ1n) is 15.6. The quantitative estimate of drug-likeness (QED) is 0.189. The molecule has 0 heteroatoms. The van der Waals surface area contributed by atoms with E-state index in [9.17, 15) is 0 Å². The summed E-state index contributed by atoms with van der Waals surface area (Å²) in [5, 5.41) is 8.32. The number of hydrogen-bond donors (Lipinski definition) is 0. The molecule has 7 aromatic rings. The fraction of sp³-hybridized carbons (Fsp3) is 0.116. The van der Waals surface area contributed by atoms with Crippen molar-refractivity contribution in [3.05, 3.63) is 138 Å². The van der Waals surface area contributed by atoms with Gasteiger partial charge in [-0.15, -0.1) is 0 Å². The zero-order valence-electron chi connectivity index (χ0n) is 24.5. The molecule has 0 bridgehead atoms.